The normalized spacial score (nSPS) is 13.2. The van der Waals surface area contributed by atoms with Crippen molar-refractivity contribution >= 4 is 29.9 Å². The first kappa shape index (κ1) is 25.2. The highest BCUT2D eigenvalue weighted by Crippen LogP contribution is 2.30. The summed E-state index contributed by atoms with van der Waals surface area (Å²) in [5, 5.41) is 14.3. The van der Waals surface area contributed by atoms with Crippen LogP contribution in [0.3, 0.4) is 0 Å². The van der Waals surface area contributed by atoms with Crippen LogP contribution in [0.2, 0.25) is 0 Å². The molecular weight excluding hydrogens is 498 g/mol. The van der Waals surface area contributed by atoms with Crippen LogP contribution in [0.15, 0.2) is 11.2 Å². The summed E-state index contributed by atoms with van der Waals surface area (Å²) in [4.78, 5) is 4.32. The van der Waals surface area contributed by atoms with Gasteiger partial charge in [-0.2, -0.15) is 23.4 Å². The van der Waals surface area contributed by atoms with Gasteiger partial charge in [0.25, 0.3) is 0 Å². The fraction of sp³-hybridized carbons (Fsp3) is 0.611. The number of hydrogen-bond acceptors (Lipinski definition) is 3. The van der Waals surface area contributed by atoms with E-state index in [1.807, 2.05) is 39.4 Å². The Bertz CT molecular complexity index is 839. The Morgan fingerprint density at radius 1 is 1.24 bits per heavy atom. The number of nitrogens with one attached hydrogen (secondary N) is 2. The van der Waals surface area contributed by atoms with E-state index in [4.69, 9.17) is 0 Å². The van der Waals surface area contributed by atoms with Gasteiger partial charge in [0.15, 0.2) is 11.7 Å². The fourth-order valence-electron chi connectivity index (χ4n) is 3.08. The largest absolute Gasteiger partial charge is 0.435 e. The number of nitrogens with zero attached hydrogens (tertiary/aromatic N) is 5. The molecule has 29 heavy (non-hydrogen) atoms. The predicted molar refractivity (Wildman–Crippen MR) is 117 cm³/mol. The molecule has 1 atom stereocenters. The second-order valence-corrected chi connectivity index (χ2v) is 6.89. The Morgan fingerprint density at radius 2 is 1.90 bits per heavy atom. The van der Waals surface area contributed by atoms with Crippen molar-refractivity contribution in [3.05, 3.63) is 34.4 Å². The first-order valence-corrected chi connectivity index (χ1v) is 9.16. The number of rotatable bonds is 6. The highest BCUT2D eigenvalue weighted by Gasteiger charge is 2.36. The summed E-state index contributed by atoms with van der Waals surface area (Å²) in [5.41, 5.74) is 2.37. The lowest BCUT2D eigenvalue weighted by Crippen LogP contribution is -2.43. The molecule has 11 heteroatoms. The molecule has 7 nitrogen and oxygen atoms in total. The van der Waals surface area contributed by atoms with Crippen LogP contribution in [0.4, 0.5) is 13.2 Å². The Labute approximate surface area is 186 Å². The number of aryl methyl sites for hydroxylation is 3. The molecule has 0 aliphatic carbocycles. The summed E-state index contributed by atoms with van der Waals surface area (Å²) in [6, 6.07) is 0.0235. The molecule has 2 rings (SSSR count). The second kappa shape index (κ2) is 10.3. The zero-order chi connectivity index (χ0) is 21.1. The molecule has 2 aromatic rings. The van der Waals surface area contributed by atoms with Crippen molar-refractivity contribution in [2.24, 2.45) is 19.1 Å². The van der Waals surface area contributed by atoms with E-state index in [1.54, 1.807) is 0 Å². The van der Waals surface area contributed by atoms with Gasteiger partial charge in [0, 0.05) is 44.1 Å². The number of hydrogen-bond donors (Lipinski definition) is 2. The lowest BCUT2D eigenvalue weighted by molar-refractivity contribution is -0.142. The van der Waals surface area contributed by atoms with E-state index in [0.29, 0.717) is 12.5 Å². The predicted octanol–water partition coefficient (Wildman–Crippen LogP) is 3.09. The number of aromatic nitrogens is 4. The van der Waals surface area contributed by atoms with Gasteiger partial charge in [0.1, 0.15) is 0 Å². The first-order chi connectivity index (χ1) is 13.0. The van der Waals surface area contributed by atoms with Crippen molar-refractivity contribution in [1.82, 2.24) is 30.2 Å². The van der Waals surface area contributed by atoms with Crippen LogP contribution >= 0.6 is 24.0 Å². The van der Waals surface area contributed by atoms with Gasteiger partial charge in [-0.1, -0.05) is 0 Å². The summed E-state index contributed by atoms with van der Waals surface area (Å²) >= 11 is 0. The molecule has 2 N–H and O–H groups in total. The van der Waals surface area contributed by atoms with E-state index in [-0.39, 0.29) is 42.1 Å². The van der Waals surface area contributed by atoms with Gasteiger partial charge >= 0.3 is 6.18 Å². The summed E-state index contributed by atoms with van der Waals surface area (Å²) < 4.78 is 42.3. The van der Waals surface area contributed by atoms with Crippen LogP contribution in [0.1, 0.15) is 42.1 Å². The van der Waals surface area contributed by atoms with Crippen molar-refractivity contribution < 1.29 is 13.2 Å². The maximum Gasteiger partial charge on any atom is 0.435 e. The number of aliphatic imine (C=N–C) groups is 1. The molecule has 164 valence electrons. The fourth-order valence-corrected chi connectivity index (χ4v) is 3.08. The highest BCUT2D eigenvalue weighted by molar-refractivity contribution is 14.0. The maximum atomic E-state index is 13.1. The summed E-state index contributed by atoms with van der Waals surface area (Å²) in [5.74, 6) is 0.464. The average Bonchev–Trinajstić information content (AvgIpc) is 3.07. The third kappa shape index (κ3) is 6.61. The number of halogens is 4. The zero-order valence-corrected chi connectivity index (χ0v) is 19.9. The topological polar surface area (TPSA) is 72.1 Å². The van der Waals surface area contributed by atoms with Crippen LogP contribution in [0.25, 0.3) is 0 Å². The molecule has 0 spiro atoms. The third-order valence-electron chi connectivity index (χ3n) is 4.48. The highest BCUT2D eigenvalue weighted by atomic mass is 127. The van der Waals surface area contributed by atoms with Crippen molar-refractivity contribution in [3.8, 4) is 0 Å². The molecule has 0 aliphatic heterocycles. The van der Waals surface area contributed by atoms with Gasteiger partial charge < -0.3 is 10.6 Å². The maximum absolute atomic E-state index is 13.1. The molecular formula is C18H29F3IN7. The van der Waals surface area contributed by atoms with Gasteiger partial charge in [0.2, 0.25) is 0 Å². The van der Waals surface area contributed by atoms with Gasteiger partial charge in [-0.25, -0.2) is 4.99 Å². The van der Waals surface area contributed by atoms with E-state index in [9.17, 15) is 13.2 Å². The quantitative estimate of drug-likeness (QED) is 0.344. The minimum absolute atomic E-state index is 0. The van der Waals surface area contributed by atoms with Crippen LogP contribution in [0.5, 0.6) is 0 Å². The van der Waals surface area contributed by atoms with Crippen molar-refractivity contribution in [2.45, 2.75) is 52.9 Å². The smallest absolute Gasteiger partial charge is 0.357 e. The lowest BCUT2D eigenvalue weighted by Gasteiger charge is -2.18. The van der Waals surface area contributed by atoms with Gasteiger partial charge in [-0.3, -0.25) is 9.36 Å². The summed E-state index contributed by atoms with van der Waals surface area (Å²) in [7, 11) is 3.37. The molecule has 0 aliphatic rings. The lowest BCUT2D eigenvalue weighted by atomic mass is 10.1. The third-order valence-corrected chi connectivity index (χ3v) is 4.48. The zero-order valence-electron chi connectivity index (χ0n) is 17.6. The molecule has 2 aromatic heterocycles. The summed E-state index contributed by atoms with van der Waals surface area (Å²) in [6.07, 6.45) is -2.42. The van der Waals surface area contributed by atoms with E-state index in [0.717, 1.165) is 28.1 Å². The summed E-state index contributed by atoms with van der Waals surface area (Å²) in [6.45, 7) is 8.38. The monoisotopic (exact) mass is 527 g/mol. The Morgan fingerprint density at radius 3 is 2.41 bits per heavy atom. The number of guanidine groups is 1. The Kier molecular flexibility index (Phi) is 8.97. The van der Waals surface area contributed by atoms with Gasteiger partial charge in [-0.05, 0) is 39.7 Å². The van der Waals surface area contributed by atoms with E-state index in [1.165, 1.54) is 13.2 Å². The Hall–Kier alpha value is -1.79. The molecule has 0 aromatic carbocycles. The Balaban J connectivity index is 0.00000420. The molecule has 0 saturated heterocycles. The molecule has 2 heterocycles. The number of alkyl halides is 3. The molecule has 0 radical (unpaired) electrons. The van der Waals surface area contributed by atoms with Crippen molar-refractivity contribution in [3.63, 3.8) is 0 Å². The molecule has 1 unspecified atom stereocenters. The van der Waals surface area contributed by atoms with Gasteiger partial charge in [-0.15, -0.1) is 24.0 Å². The van der Waals surface area contributed by atoms with Crippen LogP contribution in [-0.4, -0.2) is 38.1 Å². The first-order valence-electron chi connectivity index (χ1n) is 9.16. The van der Waals surface area contributed by atoms with E-state index >= 15 is 0 Å². The van der Waals surface area contributed by atoms with Crippen LogP contribution in [-0.2, 0) is 33.2 Å². The van der Waals surface area contributed by atoms with Crippen molar-refractivity contribution in [1.29, 1.82) is 0 Å². The van der Waals surface area contributed by atoms with Crippen LogP contribution in [0, 0.1) is 13.8 Å². The average molecular weight is 527 g/mol. The minimum Gasteiger partial charge on any atom is -0.357 e. The van der Waals surface area contributed by atoms with E-state index < -0.39 is 11.9 Å². The minimum atomic E-state index is -4.50. The van der Waals surface area contributed by atoms with Crippen molar-refractivity contribution in [2.75, 3.05) is 6.54 Å². The van der Waals surface area contributed by atoms with E-state index in [2.05, 4.69) is 25.8 Å². The molecule has 0 saturated carbocycles. The SMILES string of the molecule is CCNC(=NCc1cn(C)nc1C(F)(F)F)NC(C)Cc1c(C)nn(C)c1C.I. The van der Waals surface area contributed by atoms with Crippen LogP contribution < -0.4 is 10.6 Å². The molecule has 0 amide bonds. The molecule has 0 fully saturated rings. The standard InChI is InChI=1S/C18H28F3N7.HI/c1-7-22-17(23-9-14-10-27(5)26-16(14)18(19,20)21)24-11(2)8-15-12(3)25-28(6)13(15)4;/h10-11H,7-9H2,1-6H3,(H2,22,23,24);1H. The second-order valence-electron chi connectivity index (χ2n) is 6.89. The molecule has 0 bridgehead atoms. The van der Waals surface area contributed by atoms with Gasteiger partial charge in [0.05, 0.1) is 12.2 Å².